The molecule has 7 heteroatoms. The number of nitrogens with zero attached hydrogens (tertiary/aromatic N) is 1. The Hall–Kier alpha value is -1.79. The molecule has 0 spiro atoms. The van der Waals surface area contributed by atoms with Crippen LogP contribution in [0.5, 0.6) is 0 Å². The van der Waals surface area contributed by atoms with Gasteiger partial charge >= 0.3 is 6.09 Å². The second kappa shape index (κ2) is 7.19. The molecule has 1 aliphatic rings. The van der Waals surface area contributed by atoms with Gasteiger partial charge in [0.15, 0.2) is 0 Å². The standard InChI is InChI=1S/C16H29N3O4/c1-7-19-9-11(8-12(19)20)13(21)18-16(5,6)10-17-14(22)23-15(2,3)4/h11H,7-10H2,1-6H3,(H,17,22)(H,18,21)/t11-/m1/s1. The maximum atomic E-state index is 12.3. The van der Waals surface area contributed by atoms with E-state index in [0.29, 0.717) is 13.1 Å². The molecule has 0 saturated carbocycles. The first-order chi connectivity index (χ1) is 10.4. The van der Waals surface area contributed by atoms with Gasteiger partial charge in [-0.1, -0.05) is 0 Å². The zero-order valence-corrected chi connectivity index (χ0v) is 15.0. The Kier molecular flexibility index (Phi) is 6.02. The smallest absolute Gasteiger partial charge is 0.407 e. The summed E-state index contributed by atoms with van der Waals surface area (Å²) in [5, 5.41) is 5.54. The van der Waals surface area contributed by atoms with Crippen molar-refractivity contribution in [3.05, 3.63) is 0 Å². The van der Waals surface area contributed by atoms with Crippen molar-refractivity contribution in [3.8, 4) is 0 Å². The van der Waals surface area contributed by atoms with Crippen LogP contribution in [-0.4, -0.2) is 53.6 Å². The van der Waals surface area contributed by atoms with Crippen molar-refractivity contribution in [2.45, 2.75) is 59.1 Å². The molecule has 0 aromatic rings. The van der Waals surface area contributed by atoms with Crippen LogP contribution in [0, 0.1) is 5.92 Å². The Labute approximate surface area is 138 Å². The molecule has 132 valence electrons. The predicted molar refractivity (Wildman–Crippen MR) is 86.8 cm³/mol. The molecule has 0 unspecified atom stereocenters. The molecule has 1 heterocycles. The summed E-state index contributed by atoms with van der Waals surface area (Å²) < 4.78 is 5.17. The van der Waals surface area contributed by atoms with Crippen LogP contribution in [0.2, 0.25) is 0 Å². The van der Waals surface area contributed by atoms with Gasteiger partial charge < -0.3 is 20.3 Å². The molecule has 1 fully saturated rings. The quantitative estimate of drug-likeness (QED) is 0.796. The molecule has 1 rings (SSSR count). The van der Waals surface area contributed by atoms with Crippen LogP contribution in [0.1, 0.15) is 48.0 Å². The van der Waals surface area contributed by atoms with Crippen LogP contribution in [0.4, 0.5) is 4.79 Å². The number of hydrogen-bond acceptors (Lipinski definition) is 4. The van der Waals surface area contributed by atoms with Crippen LogP contribution < -0.4 is 10.6 Å². The SMILES string of the molecule is CCN1C[C@H](C(=O)NC(C)(C)CNC(=O)OC(C)(C)C)CC1=O. The van der Waals surface area contributed by atoms with Gasteiger partial charge in [-0.05, 0) is 41.5 Å². The normalized spacial score (nSPS) is 18.8. The fourth-order valence-corrected chi connectivity index (χ4v) is 2.34. The summed E-state index contributed by atoms with van der Waals surface area (Å²) in [6, 6.07) is 0. The Morgan fingerprint density at radius 1 is 1.26 bits per heavy atom. The van der Waals surface area contributed by atoms with Crippen molar-refractivity contribution in [3.63, 3.8) is 0 Å². The molecule has 0 aromatic carbocycles. The highest BCUT2D eigenvalue weighted by Gasteiger charge is 2.35. The van der Waals surface area contributed by atoms with E-state index < -0.39 is 17.2 Å². The number of likely N-dealkylation sites (tertiary alicyclic amines) is 1. The zero-order valence-electron chi connectivity index (χ0n) is 15.0. The first-order valence-corrected chi connectivity index (χ1v) is 8.00. The summed E-state index contributed by atoms with van der Waals surface area (Å²) in [4.78, 5) is 37.4. The lowest BCUT2D eigenvalue weighted by atomic mass is 10.0. The van der Waals surface area contributed by atoms with Gasteiger partial charge in [0.2, 0.25) is 11.8 Å². The summed E-state index contributed by atoms with van der Waals surface area (Å²) in [7, 11) is 0. The minimum atomic E-state index is -0.628. The number of carbonyl (C=O) groups excluding carboxylic acids is 3. The number of alkyl carbamates (subject to hydrolysis) is 1. The van der Waals surface area contributed by atoms with Crippen molar-refractivity contribution in [1.29, 1.82) is 0 Å². The van der Waals surface area contributed by atoms with E-state index in [0.717, 1.165) is 0 Å². The van der Waals surface area contributed by atoms with Crippen LogP contribution >= 0.6 is 0 Å². The van der Waals surface area contributed by atoms with Gasteiger partial charge in [-0.2, -0.15) is 0 Å². The Balaban J connectivity index is 2.47. The molecule has 0 radical (unpaired) electrons. The summed E-state index contributed by atoms with van der Waals surface area (Å²) in [5.41, 5.74) is -1.19. The molecule has 0 aliphatic carbocycles. The van der Waals surface area contributed by atoms with E-state index in [9.17, 15) is 14.4 Å². The van der Waals surface area contributed by atoms with Crippen molar-refractivity contribution in [2.75, 3.05) is 19.6 Å². The van der Waals surface area contributed by atoms with Crippen molar-refractivity contribution < 1.29 is 19.1 Å². The minimum absolute atomic E-state index is 0.0114. The average molecular weight is 327 g/mol. The highest BCUT2D eigenvalue weighted by molar-refractivity contribution is 5.89. The van der Waals surface area contributed by atoms with Gasteiger partial charge in [0.05, 0.1) is 11.5 Å². The molecule has 23 heavy (non-hydrogen) atoms. The van der Waals surface area contributed by atoms with Gasteiger partial charge in [0.1, 0.15) is 5.60 Å². The lowest BCUT2D eigenvalue weighted by Crippen LogP contribution is -2.53. The number of hydrogen-bond donors (Lipinski definition) is 2. The van der Waals surface area contributed by atoms with Gasteiger partial charge in [-0.15, -0.1) is 0 Å². The maximum absolute atomic E-state index is 12.3. The van der Waals surface area contributed by atoms with E-state index in [4.69, 9.17) is 4.74 Å². The monoisotopic (exact) mass is 327 g/mol. The molecular formula is C16H29N3O4. The lowest BCUT2D eigenvalue weighted by molar-refractivity contribution is -0.129. The van der Waals surface area contributed by atoms with E-state index >= 15 is 0 Å². The highest BCUT2D eigenvalue weighted by Crippen LogP contribution is 2.18. The van der Waals surface area contributed by atoms with Crippen LogP contribution in [0.3, 0.4) is 0 Å². The molecule has 0 aromatic heterocycles. The number of rotatable bonds is 5. The number of amides is 3. The number of carbonyl (C=O) groups is 3. The second-order valence-corrected chi connectivity index (χ2v) is 7.56. The first-order valence-electron chi connectivity index (χ1n) is 8.00. The molecule has 1 saturated heterocycles. The van der Waals surface area contributed by atoms with Crippen LogP contribution in [0.25, 0.3) is 0 Å². The van der Waals surface area contributed by atoms with Gasteiger partial charge in [-0.3, -0.25) is 9.59 Å². The average Bonchev–Trinajstić information content (AvgIpc) is 2.75. The molecular weight excluding hydrogens is 298 g/mol. The summed E-state index contributed by atoms with van der Waals surface area (Å²) in [6.07, 6.45) is -0.275. The van der Waals surface area contributed by atoms with E-state index in [1.165, 1.54) is 0 Å². The van der Waals surface area contributed by atoms with Crippen molar-refractivity contribution in [1.82, 2.24) is 15.5 Å². The van der Waals surface area contributed by atoms with Crippen LogP contribution in [-0.2, 0) is 14.3 Å². The molecule has 0 bridgehead atoms. The summed E-state index contributed by atoms with van der Waals surface area (Å²) >= 11 is 0. The Morgan fingerprint density at radius 3 is 2.35 bits per heavy atom. The van der Waals surface area contributed by atoms with E-state index in [-0.39, 0.29) is 30.7 Å². The van der Waals surface area contributed by atoms with E-state index in [2.05, 4.69) is 10.6 Å². The fraction of sp³-hybridized carbons (Fsp3) is 0.812. The molecule has 7 nitrogen and oxygen atoms in total. The van der Waals surface area contributed by atoms with Crippen molar-refractivity contribution >= 4 is 17.9 Å². The van der Waals surface area contributed by atoms with Crippen molar-refractivity contribution in [2.24, 2.45) is 5.92 Å². The third-order valence-corrected chi connectivity index (χ3v) is 3.50. The molecule has 3 amide bonds. The zero-order chi connectivity index (χ0) is 17.8. The first kappa shape index (κ1) is 19.3. The molecule has 2 N–H and O–H groups in total. The van der Waals surface area contributed by atoms with Gasteiger partial charge in [-0.25, -0.2) is 4.79 Å². The molecule has 1 atom stereocenters. The van der Waals surface area contributed by atoms with Gasteiger partial charge in [0.25, 0.3) is 0 Å². The number of nitrogens with one attached hydrogen (secondary N) is 2. The topological polar surface area (TPSA) is 87.7 Å². The summed E-state index contributed by atoms with van der Waals surface area (Å²) in [6.45, 7) is 12.2. The maximum Gasteiger partial charge on any atom is 0.407 e. The lowest BCUT2D eigenvalue weighted by Gasteiger charge is -2.29. The Bertz CT molecular complexity index is 468. The van der Waals surface area contributed by atoms with Gasteiger partial charge in [0, 0.05) is 26.1 Å². The predicted octanol–water partition coefficient (Wildman–Crippen LogP) is 1.27. The number of ether oxygens (including phenoxy) is 1. The molecule has 1 aliphatic heterocycles. The fourth-order valence-electron chi connectivity index (χ4n) is 2.34. The third-order valence-electron chi connectivity index (χ3n) is 3.50. The largest absolute Gasteiger partial charge is 0.444 e. The van der Waals surface area contributed by atoms with Crippen LogP contribution in [0.15, 0.2) is 0 Å². The second-order valence-electron chi connectivity index (χ2n) is 7.56. The van der Waals surface area contributed by atoms with E-state index in [1.807, 2.05) is 20.8 Å². The summed E-state index contributed by atoms with van der Waals surface area (Å²) in [5.74, 6) is -0.481. The minimum Gasteiger partial charge on any atom is -0.444 e. The van der Waals surface area contributed by atoms with E-state index in [1.54, 1.807) is 25.7 Å². The highest BCUT2D eigenvalue weighted by atomic mass is 16.6. The Morgan fingerprint density at radius 2 is 1.87 bits per heavy atom. The third kappa shape index (κ3) is 6.46.